The molecule has 2 aromatic heterocycles. The summed E-state index contributed by atoms with van der Waals surface area (Å²) in [5.74, 6) is 0.439. The fourth-order valence-corrected chi connectivity index (χ4v) is 5.38. The molecule has 2 saturated heterocycles. The van der Waals surface area contributed by atoms with E-state index in [0.717, 1.165) is 69.0 Å². The van der Waals surface area contributed by atoms with Gasteiger partial charge in [0.05, 0.1) is 11.1 Å². The Morgan fingerprint density at radius 1 is 0.769 bits per heavy atom. The average Bonchev–Trinajstić information content (AvgIpc) is 3.39. The summed E-state index contributed by atoms with van der Waals surface area (Å²) in [5.41, 5.74) is 13.1. The summed E-state index contributed by atoms with van der Waals surface area (Å²) in [6, 6.07) is 13.1. The van der Waals surface area contributed by atoms with E-state index in [1.54, 1.807) is 22.8 Å². The van der Waals surface area contributed by atoms with Crippen molar-refractivity contribution in [1.82, 2.24) is 24.4 Å². The van der Waals surface area contributed by atoms with Gasteiger partial charge in [0.15, 0.2) is 5.65 Å². The quantitative estimate of drug-likeness (QED) is 0.309. The monoisotopic (exact) mass is 527 g/mol. The number of hydrogen-bond acceptors (Lipinski definition) is 9. The molecule has 11 nitrogen and oxygen atoms in total. The standard InChI is InChI=1S/C28H33N9O2/c1-32-7-11-34(12-8-32)23-15-21(16-24(17-23)35-13-9-33(2)10-14-35)26-19-31-36-27(29)25(18-30-28(26)36)20-3-5-22(6-4-20)37(38)39/h3-6,15-19H,7-14,29H2,1-2H3. The first-order chi connectivity index (χ1) is 18.9. The van der Waals surface area contributed by atoms with Crippen LogP contribution in [-0.2, 0) is 0 Å². The molecule has 6 rings (SSSR count). The Labute approximate surface area is 227 Å². The van der Waals surface area contributed by atoms with Gasteiger partial charge in [-0.05, 0) is 55.6 Å². The first-order valence-electron chi connectivity index (χ1n) is 13.3. The largest absolute Gasteiger partial charge is 0.383 e. The van der Waals surface area contributed by atoms with Crippen LogP contribution in [-0.4, -0.2) is 95.8 Å². The molecule has 0 atom stereocenters. The fraction of sp³-hybridized carbons (Fsp3) is 0.357. The van der Waals surface area contributed by atoms with E-state index in [1.807, 2.05) is 6.20 Å². The molecule has 2 aromatic carbocycles. The molecule has 11 heteroatoms. The Bertz CT molecular complexity index is 1460. The minimum atomic E-state index is -0.416. The van der Waals surface area contributed by atoms with Gasteiger partial charge < -0.3 is 25.3 Å². The summed E-state index contributed by atoms with van der Waals surface area (Å²) in [5, 5.41) is 15.7. The number of likely N-dealkylation sites (N-methyl/N-ethyl adjacent to an activating group) is 2. The molecular formula is C28H33N9O2. The van der Waals surface area contributed by atoms with Crippen LogP contribution in [0.15, 0.2) is 54.9 Å². The fourth-order valence-electron chi connectivity index (χ4n) is 5.38. The smallest absolute Gasteiger partial charge is 0.269 e. The highest BCUT2D eigenvalue weighted by Crippen LogP contribution is 2.35. The first kappa shape index (κ1) is 25.1. The third-order valence-corrected chi connectivity index (χ3v) is 7.90. The van der Waals surface area contributed by atoms with Crippen LogP contribution in [0, 0.1) is 10.1 Å². The average molecular weight is 528 g/mol. The van der Waals surface area contributed by atoms with Crippen molar-refractivity contribution in [2.75, 3.05) is 82.0 Å². The molecule has 202 valence electrons. The number of benzene rings is 2. The van der Waals surface area contributed by atoms with Gasteiger partial charge in [-0.15, -0.1) is 0 Å². The molecule has 0 unspecified atom stereocenters. The molecule has 2 aliphatic rings. The van der Waals surface area contributed by atoms with Gasteiger partial charge >= 0.3 is 0 Å². The maximum Gasteiger partial charge on any atom is 0.269 e. The van der Waals surface area contributed by atoms with E-state index in [2.05, 4.69) is 57.0 Å². The topological polar surface area (TPSA) is 112 Å². The molecule has 39 heavy (non-hydrogen) atoms. The number of aromatic nitrogens is 3. The minimum Gasteiger partial charge on any atom is -0.383 e. The highest BCUT2D eigenvalue weighted by Gasteiger charge is 2.21. The van der Waals surface area contributed by atoms with Crippen LogP contribution >= 0.6 is 0 Å². The number of piperazine rings is 2. The lowest BCUT2D eigenvalue weighted by molar-refractivity contribution is -0.384. The van der Waals surface area contributed by atoms with Crippen molar-refractivity contribution in [3.8, 4) is 22.3 Å². The summed E-state index contributed by atoms with van der Waals surface area (Å²) < 4.78 is 1.66. The Balaban J connectivity index is 1.40. The summed E-state index contributed by atoms with van der Waals surface area (Å²) in [6.45, 7) is 8.09. The summed E-state index contributed by atoms with van der Waals surface area (Å²) >= 11 is 0. The Hall–Kier alpha value is -4.22. The molecule has 4 aromatic rings. The third-order valence-electron chi connectivity index (χ3n) is 7.90. The predicted octanol–water partition coefficient (Wildman–Crippen LogP) is 3.06. The van der Waals surface area contributed by atoms with Crippen LogP contribution in [0.4, 0.5) is 22.9 Å². The number of nitrogens with two attached hydrogens (primary N) is 1. The lowest BCUT2D eigenvalue weighted by Crippen LogP contribution is -2.45. The summed E-state index contributed by atoms with van der Waals surface area (Å²) in [4.78, 5) is 25.0. The van der Waals surface area contributed by atoms with E-state index in [9.17, 15) is 10.1 Å². The number of nitrogens with zero attached hydrogens (tertiary/aromatic N) is 8. The zero-order chi connectivity index (χ0) is 27.1. The molecule has 0 aliphatic carbocycles. The van der Waals surface area contributed by atoms with E-state index in [-0.39, 0.29) is 5.69 Å². The van der Waals surface area contributed by atoms with Crippen molar-refractivity contribution < 1.29 is 4.92 Å². The van der Waals surface area contributed by atoms with Gasteiger partial charge in [0.2, 0.25) is 0 Å². The van der Waals surface area contributed by atoms with Crippen LogP contribution in [0.1, 0.15) is 0 Å². The van der Waals surface area contributed by atoms with Crippen LogP contribution in [0.5, 0.6) is 0 Å². The van der Waals surface area contributed by atoms with Crippen molar-refractivity contribution in [1.29, 1.82) is 0 Å². The lowest BCUT2D eigenvalue weighted by atomic mass is 10.0. The van der Waals surface area contributed by atoms with Crippen LogP contribution in [0.25, 0.3) is 27.9 Å². The van der Waals surface area contributed by atoms with E-state index in [1.165, 1.54) is 23.5 Å². The summed E-state index contributed by atoms with van der Waals surface area (Å²) in [6.07, 6.45) is 3.55. The second-order valence-corrected chi connectivity index (χ2v) is 10.5. The van der Waals surface area contributed by atoms with Gasteiger partial charge in [-0.3, -0.25) is 10.1 Å². The van der Waals surface area contributed by atoms with E-state index in [4.69, 9.17) is 10.7 Å². The molecule has 2 N–H and O–H groups in total. The van der Waals surface area contributed by atoms with E-state index in [0.29, 0.717) is 17.0 Å². The number of nitrogen functional groups attached to an aromatic ring is 1. The van der Waals surface area contributed by atoms with Gasteiger partial charge in [0.1, 0.15) is 5.82 Å². The number of fused-ring (bicyclic) bond motifs is 1. The van der Waals surface area contributed by atoms with Crippen molar-refractivity contribution in [2.45, 2.75) is 0 Å². The van der Waals surface area contributed by atoms with Gasteiger partial charge in [0, 0.05) is 93.2 Å². The number of rotatable bonds is 5. The predicted molar refractivity (Wildman–Crippen MR) is 154 cm³/mol. The molecule has 0 saturated carbocycles. The van der Waals surface area contributed by atoms with Gasteiger partial charge in [-0.1, -0.05) is 0 Å². The van der Waals surface area contributed by atoms with Crippen molar-refractivity contribution in [2.24, 2.45) is 0 Å². The van der Waals surface area contributed by atoms with E-state index < -0.39 is 4.92 Å². The van der Waals surface area contributed by atoms with Crippen LogP contribution in [0.3, 0.4) is 0 Å². The van der Waals surface area contributed by atoms with Crippen molar-refractivity contribution in [3.05, 3.63) is 65.0 Å². The lowest BCUT2D eigenvalue weighted by Gasteiger charge is -2.37. The number of nitro groups is 1. The normalized spacial score (nSPS) is 17.2. The van der Waals surface area contributed by atoms with Crippen molar-refractivity contribution in [3.63, 3.8) is 0 Å². The molecule has 0 amide bonds. The molecular weight excluding hydrogens is 494 g/mol. The number of non-ortho nitro benzene ring substituents is 1. The number of nitro benzene ring substituents is 1. The second kappa shape index (κ2) is 10.2. The highest BCUT2D eigenvalue weighted by molar-refractivity contribution is 5.85. The number of hydrogen-bond donors (Lipinski definition) is 1. The zero-order valence-corrected chi connectivity index (χ0v) is 22.3. The maximum absolute atomic E-state index is 11.1. The van der Waals surface area contributed by atoms with Gasteiger partial charge in [-0.2, -0.15) is 9.61 Å². The highest BCUT2D eigenvalue weighted by atomic mass is 16.6. The Kier molecular flexibility index (Phi) is 6.53. The minimum absolute atomic E-state index is 0.0316. The first-order valence-corrected chi connectivity index (χ1v) is 13.3. The van der Waals surface area contributed by atoms with E-state index >= 15 is 0 Å². The Morgan fingerprint density at radius 3 is 1.87 bits per heavy atom. The SMILES string of the molecule is CN1CCN(c2cc(-c3cnn4c(N)c(-c5ccc([N+](=O)[O-])cc5)cnc34)cc(N3CCN(C)CC3)c2)CC1. The second-order valence-electron chi connectivity index (χ2n) is 10.5. The zero-order valence-electron chi connectivity index (χ0n) is 22.3. The maximum atomic E-state index is 11.1. The molecule has 2 fully saturated rings. The van der Waals surface area contributed by atoms with Crippen LogP contribution < -0.4 is 15.5 Å². The number of anilines is 3. The van der Waals surface area contributed by atoms with Gasteiger partial charge in [-0.25, -0.2) is 4.98 Å². The molecule has 0 radical (unpaired) electrons. The summed E-state index contributed by atoms with van der Waals surface area (Å²) in [7, 11) is 4.34. The Morgan fingerprint density at radius 2 is 1.33 bits per heavy atom. The molecule has 4 heterocycles. The van der Waals surface area contributed by atoms with Gasteiger partial charge in [0.25, 0.3) is 5.69 Å². The molecule has 2 aliphatic heterocycles. The molecule has 0 spiro atoms. The third kappa shape index (κ3) is 4.86. The van der Waals surface area contributed by atoms with Crippen molar-refractivity contribution >= 4 is 28.5 Å². The molecule has 0 bridgehead atoms. The van der Waals surface area contributed by atoms with Crippen LogP contribution in [0.2, 0.25) is 0 Å².